The monoisotopic (exact) mass is 629 g/mol. The van der Waals surface area contributed by atoms with Crippen molar-refractivity contribution >= 4 is 64.2 Å². The lowest BCUT2D eigenvalue weighted by Gasteiger charge is -2.14. The van der Waals surface area contributed by atoms with Gasteiger partial charge in [0.15, 0.2) is 17.5 Å². The van der Waals surface area contributed by atoms with Crippen LogP contribution in [0.25, 0.3) is 109 Å². The molecule has 1 aliphatic rings. The van der Waals surface area contributed by atoms with Crippen molar-refractivity contribution in [3.8, 4) is 56.4 Å². The van der Waals surface area contributed by atoms with Gasteiger partial charge in [0.25, 0.3) is 0 Å². The molecular formula is C43H23N3OS. The Bertz CT molecular complexity index is 2950. The van der Waals surface area contributed by atoms with Gasteiger partial charge < -0.3 is 4.42 Å². The molecule has 0 spiro atoms. The van der Waals surface area contributed by atoms with E-state index in [4.69, 9.17) is 19.4 Å². The van der Waals surface area contributed by atoms with Crippen LogP contribution in [0.2, 0.25) is 0 Å². The highest BCUT2D eigenvalue weighted by Crippen LogP contribution is 2.54. The van der Waals surface area contributed by atoms with Crippen molar-refractivity contribution in [1.29, 1.82) is 0 Å². The Balaban J connectivity index is 1.30. The molecule has 0 atom stereocenters. The number of para-hydroxylation sites is 1. The van der Waals surface area contributed by atoms with Gasteiger partial charge in [-0.15, -0.1) is 11.3 Å². The summed E-state index contributed by atoms with van der Waals surface area (Å²) in [6.07, 6.45) is 0. The molecule has 7 aromatic carbocycles. The van der Waals surface area contributed by atoms with Gasteiger partial charge in [-0.1, -0.05) is 115 Å². The number of hydrogen-bond donors (Lipinski definition) is 0. The molecule has 222 valence electrons. The standard InChI is InChI=1S/C43H23N3OS/c1-2-11-25(12-3-1)41-44-42(31-20-10-18-28-26-15-5-7-22-35(26)48-40(28)31)46-43(45-41)39-37-30-19-9-14-24-13-8-17-27(36(24)30)32(37)23-34-38(39)29-16-4-6-21-33(29)47-34/h1-23H. The van der Waals surface area contributed by atoms with Crippen molar-refractivity contribution < 1.29 is 4.42 Å². The molecule has 4 nitrogen and oxygen atoms in total. The molecule has 0 saturated heterocycles. The average molecular weight is 630 g/mol. The van der Waals surface area contributed by atoms with Crippen LogP contribution in [-0.4, -0.2) is 15.0 Å². The van der Waals surface area contributed by atoms with E-state index in [-0.39, 0.29) is 0 Å². The Morgan fingerprint density at radius 3 is 2.02 bits per heavy atom. The van der Waals surface area contributed by atoms with Crippen LogP contribution >= 0.6 is 11.3 Å². The van der Waals surface area contributed by atoms with Crippen LogP contribution in [-0.2, 0) is 0 Å². The second-order valence-corrected chi connectivity index (χ2v) is 13.4. The molecule has 0 bridgehead atoms. The number of thiophene rings is 1. The number of benzene rings is 7. The normalized spacial score (nSPS) is 12.2. The van der Waals surface area contributed by atoms with Gasteiger partial charge in [-0.25, -0.2) is 15.0 Å². The SMILES string of the molecule is c1ccc(-c2nc(-c3cccc4c3sc3ccccc34)nc(-c3c4c(cc5oc6ccccc6c35)-c3cccc5cccc-4c35)n2)cc1. The third-order valence-corrected chi connectivity index (χ3v) is 10.9. The van der Waals surface area contributed by atoms with Crippen molar-refractivity contribution in [2.24, 2.45) is 0 Å². The first-order valence-electron chi connectivity index (χ1n) is 16.0. The summed E-state index contributed by atoms with van der Waals surface area (Å²) in [4.78, 5) is 15.9. The highest BCUT2D eigenvalue weighted by molar-refractivity contribution is 7.26. The van der Waals surface area contributed by atoms with Gasteiger partial charge in [-0.3, -0.25) is 0 Å². The van der Waals surface area contributed by atoms with Crippen molar-refractivity contribution in [2.45, 2.75) is 0 Å². The van der Waals surface area contributed by atoms with Crippen molar-refractivity contribution in [2.75, 3.05) is 0 Å². The van der Waals surface area contributed by atoms with E-state index >= 15 is 0 Å². The van der Waals surface area contributed by atoms with Crippen molar-refractivity contribution in [3.05, 3.63) is 140 Å². The Morgan fingerprint density at radius 2 is 1.12 bits per heavy atom. The molecule has 48 heavy (non-hydrogen) atoms. The molecule has 10 aromatic rings. The molecule has 0 saturated carbocycles. The molecule has 1 aliphatic carbocycles. The lowest BCUT2D eigenvalue weighted by Crippen LogP contribution is -2.01. The molecule has 0 radical (unpaired) electrons. The van der Waals surface area contributed by atoms with Crippen LogP contribution in [0.3, 0.4) is 0 Å². The highest BCUT2D eigenvalue weighted by atomic mass is 32.1. The van der Waals surface area contributed by atoms with Gasteiger partial charge in [0.05, 0.1) is 0 Å². The lowest BCUT2D eigenvalue weighted by molar-refractivity contribution is 0.669. The fraction of sp³-hybridized carbons (Fsp3) is 0. The number of rotatable bonds is 3. The van der Waals surface area contributed by atoms with E-state index in [9.17, 15) is 0 Å². The van der Waals surface area contributed by atoms with Gasteiger partial charge in [0, 0.05) is 53.2 Å². The maximum atomic E-state index is 6.59. The zero-order valence-corrected chi connectivity index (χ0v) is 26.3. The largest absolute Gasteiger partial charge is 0.456 e. The summed E-state index contributed by atoms with van der Waals surface area (Å²) >= 11 is 1.79. The van der Waals surface area contributed by atoms with Crippen molar-refractivity contribution in [3.63, 3.8) is 0 Å². The minimum absolute atomic E-state index is 0.634. The highest BCUT2D eigenvalue weighted by Gasteiger charge is 2.30. The first-order chi connectivity index (χ1) is 23.8. The minimum Gasteiger partial charge on any atom is -0.456 e. The van der Waals surface area contributed by atoms with Crippen LogP contribution in [0.5, 0.6) is 0 Å². The molecule has 3 aromatic heterocycles. The average Bonchev–Trinajstić information content (AvgIpc) is 3.82. The second kappa shape index (κ2) is 9.67. The molecule has 0 fully saturated rings. The summed E-state index contributed by atoms with van der Waals surface area (Å²) in [6.45, 7) is 0. The summed E-state index contributed by atoms with van der Waals surface area (Å²) in [7, 11) is 0. The van der Waals surface area contributed by atoms with E-state index in [1.807, 2.05) is 30.3 Å². The van der Waals surface area contributed by atoms with E-state index in [0.717, 1.165) is 49.8 Å². The minimum atomic E-state index is 0.634. The molecule has 0 N–H and O–H groups in total. The maximum absolute atomic E-state index is 6.59. The molecule has 3 heterocycles. The van der Waals surface area contributed by atoms with Gasteiger partial charge in [-0.05, 0) is 51.7 Å². The first kappa shape index (κ1) is 26.0. The molecule has 0 aliphatic heterocycles. The first-order valence-corrected chi connectivity index (χ1v) is 16.8. The number of fused-ring (bicyclic) bond motifs is 9. The lowest BCUT2D eigenvalue weighted by atomic mass is 9.93. The molecular weight excluding hydrogens is 607 g/mol. The third-order valence-electron chi connectivity index (χ3n) is 9.67. The zero-order valence-electron chi connectivity index (χ0n) is 25.4. The molecule has 0 unspecified atom stereocenters. The van der Waals surface area contributed by atoms with Gasteiger partial charge in [0.1, 0.15) is 11.2 Å². The van der Waals surface area contributed by atoms with Gasteiger partial charge in [-0.2, -0.15) is 0 Å². The van der Waals surface area contributed by atoms with Crippen LogP contribution < -0.4 is 0 Å². The summed E-state index contributed by atoms with van der Waals surface area (Å²) in [5.41, 5.74) is 9.25. The van der Waals surface area contributed by atoms with E-state index < -0.39 is 0 Å². The molecule has 5 heteroatoms. The van der Waals surface area contributed by atoms with Crippen LogP contribution in [0.1, 0.15) is 0 Å². The predicted molar refractivity (Wildman–Crippen MR) is 198 cm³/mol. The topological polar surface area (TPSA) is 51.8 Å². The number of furan rings is 1. The fourth-order valence-corrected chi connectivity index (χ4v) is 8.84. The number of aromatic nitrogens is 3. The predicted octanol–water partition coefficient (Wildman–Crippen LogP) is 11.9. The summed E-state index contributed by atoms with van der Waals surface area (Å²) in [5.74, 6) is 1.93. The quantitative estimate of drug-likeness (QED) is 0.195. The summed E-state index contributed by atoms with van der Waals surface area (Å²) < 4.78 is 9.00. The van der Waals surface area contributed by atoms with E-state index in [2.05, 4.69) is 109 Å². The van der Waals surface area contributed by atoms with Gasteiger partial charge >= 0.3 is 0 Å². The molecule has 0 amide bonds. The Kier molecular flexibility index (Phi) is 5.23. The van der Waals surface area contributed by atoms with E-state index in [1.54, 1.807) is 11.3 Å². The summed E-state index contributed by atoms with van der Waals surface area (Å²) in [5, 5.41) is 6.98. The zero-order chi connectivity index (χ0) is 31.3. The third kappa shape index (κ3) is 3.56. The second-order valence-electron chi connectivity index (χ2n) is 12.3. The fourth-order valence-electron chi connectivity index (χ4n) is 7.62. The Morgan fingerprint density at radius 1 is 0.438 bits per heavy atom. The van der Waals surface area contributed by atoms with E-state index in [1.165, 1.54) is 42.1 Å². The maximum Gasteiger partial charge on any atom is 0.165 e. The molecule has 11 rings (SSSR count). The van der Waals surface area contributed by atoms with Crippen LogP contribution in [0.4, 0.5) is 0 Å². The Hall–Kier alpha value is -6.17. The summed E-state index contributed by atoms with van der Waals surface area (Å²) in [6, 6.07) is 48.8. The van der Waals surface area contributed by atoms with Crippen LogP contribution in [0, 0.1) is 0 Å². The van der Waals surface area contributed by atoms with Crippen molar-refractivity contribution in [1.82, 2.24) is 15.0 Å². The van der Waals surface area contributed by atoms with Gasteiger partial charge in [0.2, 0.25) is 0 Å². The smallest absolute Gasteiger partial charge is 0.165 e. The number of hydrogen-bond acceptors (Lipinski definition) is 5. The van der Waals surface area contributed by atoms with Crippen LogP contribution in [0.15, 0.2) is 144 Å². The number of nitrogens with zero attached hydrogens (tertiary/aromatic N) is 3. The van der Waals surface area contributed by atoms with E-state index in [0.29, 0.717) is 17.5 Å². The Labute approximate surface area is 278 Å².